The van der Waals surface area contributed by atoms with Gasteiger partial charge in [0, 0.05) is 6.07 Å². The van der Waals surface area contributed by atoms with Crippen LogP contribution in [0.2, 0.25) is 0 Å². The topological polar surface area (TPSA) is 82.9 Å². The Kier molecular flexibility index (Phi) is 5.21. The number of benzene rings is 1. The molecule has 1 aliphatic rings. The Balaban J connectivity index is 2.10. The monoisotopic (exact) mass is 296 g/mol. The molecule has 1 atom stereocenters. The van der Waals surface area contributed by atoms with E-state index in [-0.39, 0.29) is 11.4 Å². The van der Waals surface area contributed by atoms with Gasteiger partial charge in [0.25, 0.3) is 0 Å². The molecule has 1 aliphatic heterocycles. The molecule has 0 bridgehead atoms. The van der Waals surface area contributed by atoms with Crippen molar-refractivity contribution in [3.8, 4) is 17.2 Å². The molecule has 1 saturated heterocycles. The van der Waals surface area contributed by atoms with Gasteiger partial charge in [-0.25, -0.2) is 0 Å². The molecule has 7 heteroatoms. The molecule has 1 unspecified atom stereocenters. The van der Waals surface area contributed by atoms with Gasteiger partial charge in [-0.15, -0.1) is 0 Å². The Bertz CT molecular complexity index is 500. The first-order valence-corrected chi connectivity index (χ1v) is 6.89. The van der Waals surface area contributed by atoms with Crippen LogP contribution in [-0.4, -0.2) is 38.8 Å². The lowest BCUT2D eigenvalue weighted by Gasteiger charge is -2.13. The first kappa shape index (κ1) is 15.4. The second kappa shape index (κ2) is 7.12. The fourth-order valence-corrected chi connectivity index (χ4v) is 2.40. The van der Waals surface area contributed by atoms with Gasteiger partial charge < -0.3 is 19.5 Å². The van der Waals surface area contributed by atoms with E-state index in [1.54, 1.807) is 0 Å². The van der Waals surface area contributed by atoms with Crippen molar-refractivity contribution in [3.05, 3.63) is 22.2 Å². The number of nitrogens with one attached hydrogen (secondary N) is 1. The first-order chi connectivity index (χ1) is 10.2. The van der Waals surface area contributed by atoms with E-state index in [1.165, 1.54) is 26.4 Å². The number of rotatable bonds is 7. The van der Waals surface area contributed by atoms with Crippen LogP contribution in [0.1, 0.15) is 12.8 Å². The maximum atomic E-state index is 11.1. The fraction of sp³-hybridized carbons (Fsp3) is 0.571. The third-order valence-electron chi connectivity index (χ3n) is 3.61. The summed E-state index contributed by atoms with van der Waals surface area (Å²) in [5, 5.41) is 14.4. The van der Waals surface area contributed by atoms with Crippen LogP contribution in [0, 0.1) is 16.0 Å². The van der Waals surface area contributed by atoms with E-state index in [4.69, 9.17) is 14.2 Å². The van der Waals surface area contributed by atoms with Crippen LogP contribution >= 0.6 is 0 Å². The van der Waals surface area contributed by atoms with Crippen LogP contribution in [0.3, 0.4) is 0 Å². The molecule has 0 saturated carbocycles. The van der Waals surface area contributed by atoms with Crippen LogP contribution in [0.5, 0.6) is 17.2 Å². The van der Waals surface area contributed by atoms with Gasteiger partial charge in [0.2, 0.25) is 5.75 Å². The van der Waals surface area contributed by atoms with Crippen LogP contribution in [-0.2, 0) is 0 Å². The standard InChI is InChI=1S/C14H20N2O5/c1-19-13-7-11(16(17)18)12(8-14(13)20-2)21-6-4-10-3-5-15-9-10/h7-8,10,15H,3-6,9H2,1-2H3. The van der Waals surface area contributed by atoms with Crippen LogP contribution in [0.25, 0.3) is 0 Å². The second-order valence-corrected chi connectivity index (χ2v) is 4.93. The van der Waals surface area contributed by atoms with Gasteiger partial charge in [-0.2, -0.15) is 0 Å². The van der Waals surface area contributed by atoms with E-state index in [9.17, 15) is 10.1 Å². The molecule has 7 nitrogen and oxygen atoms in total. The minimum absolute atomic E-state index is 0.114. The van der Waals surface area contributed by atoms with Gasteiger partial charge in [-0.05, 0) is 31.8 Å². The normalized spacial score (nSPS) is 17.5. The highest BCUT2D eigenvalue weighted by Gasteiger charge is 2.21. The van der Waals surface area contributed by atoms with Crippen LogP contribution in [0.15, 0.2) is 12.1 Å². The molecular weight excluding hydrogens is 276 g/mol. The molecule has 1 aromatic rings. The summed E-state index contributed by atoms with van der Waals surface area (Å²) >= 11 is 0. The number of methoxy groups -OCH3 is 2. The van der Waals surface area contributed by atoms with Gasteiger partial charge >= 0.3 is 5.69 Å². The van der Waals surface area contributed by atoms with E-state index in [1.807, 2.05) is 0 Å². The van der Waals surface area contributed by atoms with Gasteiger partial charge in [0.05, 0.1) is 31.8 Å². The fourth-order valence-electron chi connectivity index (χ4n) is 2.40. The lowest BCUT2D eigenvalue weighted by Crippen LogP contribution is -2.12. The molecule has 1 fully saturated rings. The van der Waals surface area contributed by atoms with Crippen LogP contribution < -0.4 is 19.5 Å². The molecule has 0 aliphatic carbocycles. The van der Waals surface area contributed by atoms with Gasteiger partial charge in [-0.1, -0.05) is 0 Å². The predicted molar refractivity (Wildman–Crippen MR) is 77.3 cm³/mol. The Morgan fingerprint density at radius 2 is 2.00 bits per heavy atom. The minimum Gasteiger partial charge on any atom is -0.493 e. The number of nitrogens with zero attached hydrogens (tertiary/aromatic N) is 1. The van der Waals surface area contributed by atoms with Gasteiger partial charge in [-0.3, -0.25) is 10.1 Å². The van der Waals surface area contributed by atoms with Crippen molar-refractivity contribution < 1.29 is 19.1 Å². The molecule has 1 heterocycles. The van der Waals surface area contributed by atoms with Crippen molar-refractivity contribution >= 4 is 5.69 Å². The highest BCUT2D eigenvalue weighted by molar-refractivity contribution is 5.58. The largest absolute Gasteiger partial charge is 0.493 e. The SMILES string of the molecule is COc1cc(OCCC2CCNC2)c([N+](=O)[O-])cc1OC. The van der Waals surface area contributed by atoms with Crippen LogP contribution in [0.4, 0.5) is 5.69 Å². The van der Waals surface area contributed by atoms with Gasteiger partial charge in [0.1, 0.15) is 0 Å². The lowest BCUT2D eigenvalue weighted by atomic mass is 10.1. The number of hydrogen-bond donors (Lipinski definition) is 1. The number of nitro benzene ring substituents is 1. The first-order valence-electron chi connectivity index (χ1n) is 6.89. The summed E-state index contributed by atoms with van der Waals surface area (Å²) in [6, 6.07) is 2.83. The molecule has 21 heavy (non-hydrogen) atoms. The van der Waals surface area contributed by atoms with Crippen molar-refractivity contribution in [2.24, 2.45) is 5.92 Å². The summed E-state index contributed by atoms with van der Waals surface area (Å²) in [4.78, 5) is 10.7. The van der Waals surface area contributed by atoms with Crippen molar-refractivity contribution in [2.45, 2.75) is 12.8 Å². The zero-order valence-electron chi connectivity index (χ0n) is 12.3. The third kappa shape index (κ3) is 3.75. The molecule has 0 radical (unpaired) electrons. The summed E-state index contributed by atoms with van der Waals surface area (Å²) in [7, 11) is 2.92. The van der Waals surface area contributed by atoms with E-state index in [0.717, 1.165) is 25.9 Å². The molecule has 0 amide bonds. The molecule has 0 aromatic heterocycles. The maximum Gasteiger partial charge on any atom is 0.314 e. The quantitative estimate of drug-likeness (QED) is 0.612. The molecule has 116 valence electrons. The zero-order valence-corrected chi connectivity index (χ0v) is 12.3. The Morgan fingerprint density at radius 3 is 2.57 bits per heavy atom. The van der Waals surface area contributed by atoms with E-state index in [2.05, 4.69) is 5.32 Å². The summed E-state index contributed by atoms with van der Waals surface area (Å²) in [5.74, 6) is 1.52. The number of ether oxygens (including phenoxy) is 3. The average Bonchev–Trinajstić information content (AvgIpc) is 2.99. The summed E-state index contributed by atoms with van der Waals surface area (Å²) in [6.45, 7) is 2.46. The van der Waals surface area contributed by atoms with Crippen molar-refractivity contribution in [1.82, 2.24) is 5.32 Å². The number of hydrogen-bond acceptors (Lipinski definition) is 6. The highest BCUT2D eigenvalue weighted by Crippen LogP contribution is 2.39. The average molecular weight is 296 g/mol. The highest BCUT2D eigenvalue weighted by atomic mass is 16.6. The molecule has 0 spiro atoms. The van der Waals surface area contributed by atoms with Gasteiger partial charge in [0.15, 0.2) is 11.5 Å². The van der Waals surface area contributed by atoms with Crippen molar-refractivity contribution in [1.29, 1.82) is 0 Å². The summed E-state index contributed by atoms with van der Waals surface area (Å²) < 4.78 is 15.8. The Labute approximate surface area is 123 Å². The molecule has 1 aromatic carbocycles. The minimum atomic E-state index is -0.478. The summed E-state index contributed by atoms with van der Waals surface area (Å²) in [5.41, 5.74) is -0.114. The smallest absolute Gasteiger partial charge is 0.314 e. The van der Waals surface area contributed by atoms with E-state index < -0.39 is 4.92 Å². The van der Waals surface area contributed by atoms with E-state index in [0.29, 0.717) is 24.0 Å². The second-order valence-electron chi connectivity index (χ2n) is 4.93. The zero-order chi connectivity index (χ0) is 15.2. The Morgan fingerprint density at radius 1 is 1.29 bits per heavy atom. The molecular formula is C14H20N2O5. The predicted octanol–water partition coefficient (Wildman–Crippen LogP) is 1.99. The number of nitro groups is 1. The lowest BCUT2D eigenvalue weighted by molar-refractivity contribution is -0.386. The van der Waals surface area contributed by atoms with Crippen molar-refractivity contribution in [2.75, 3.05) is 33.9 Å². The maximum absolute atomic E-state index is 11.1. The third-order valence-corrected chi connectivity index (χ3v) is 3.61. The Hall–Kier alpha value is -2.02. The molecule has 1 N–H and O–H groups in total. The van der Waals surface area contributed by atoms with Crippen molar-refractivity contribution in [3.63, 3.8) is 0 Å². The van der Waals surface area contributed by atoms with E-state index >= 15 is 0 Å². The summed E-state index contributed by atoms with van der Waals surface area (Å²) in [6.07, 6.45) is 2.00. The molecule has 2 rings (SSSR count).